The lowest BCUT2D eigenvalue weighted by Gasteiger charge is -2.20. The Morgan fingerprint density at radius 3 is 2.42 bits per heavy atom. The monoisotopic (exact) mass is 262 g/mol. The molecule has 19 heavy (non-hydrogen) atoms. The van der Waals surface area contributed by atoms with Gasteiger partial charge in [0.15, 0.2) is 5.41 Å². The van der Waals surface area contributed by atoms with Gasteiger partial charge < -0.3 is 10.2 Å². The Bertz CT molecular complexity index is 489. The summed E-state index contributed by atoms with van der Waals surface area (Å²) in [5, 5.41) is 18.3. The molecule has 0 aliphatic rings. The fraction of sp³-hybridized carbons (Fsp3) is 0.333. The number of carboxylic acid groups (broad SMARTS) is 2. The van der Waals surface area contributed by atoms with Gasteiger partial charge in [0.1, 0.15) is 0 Å². The number of benzene rings is 1. The Hall–Kier alpha value is -2.10. The minimum atomic E-state index is -1.92. The Labute approximate surface area is 112 Å². The molecule has 0 saturated carbocycles. The number of rotatable bonds is 6. The van der Waals surface area contributed by atoms with Gasteiger partial charge in [0, 0.05) is 0 Å². The van der Waals surface area contributed by atoms with Crippen LogP contribution in [0.4, 0.5) is 0 Å². The largest absolute Gasteiger partial charge is 0.480 e. The summed E-state index contributed by atoms with van der Waals surface area (Å²) in [6.07, 6.45) is 5.81. The molecule has 0 aromatic heterocycles. The molecular weight excluding hydrogens is 244 g/mol. The molecule has 0 radical (unpaired) electrons. The molecule has 0 atom stereocenters. The smallest absolute Gasteiger partial charge is 0.325 e. The zero-order valence-electron chi connectivity index (χ0n) is 11.1. The number of hydrogen-bond acceptors (Lipinski definition) is 2. The van der Waals surface area contributed by atoms with Crippen molar-refractivity contribution in [1.82, 2.24) is 0 Å². The molecule has 0 unspecified atom stereocenters. The molecule has 2 N–H and O–H groups in total. The first-order valence-electron chi connectivity index (χ1n) is 6.16. The second-order valence-corrected chi connectivity index (χ2v) is 4.55. The molecule has 0 bridgehead atoms. The summed E-state index contributed by atoms with van der Waals surface area (Å²) < 4.78 is 0. The predicted octanol–water partition coefficient (Wildman–Crippen LogP) is 2.93. The van der Waals surface area contributed by atoms with Crippen LogP contribution in [0, 0.1) is 0 Å². The van der Waals surface area contributed by atoms with E-state index in [1.54, 1.807) is 12.1 Å². The summed E-state index contributed by atoms with van der Waals surface area (Å²) >= 11 is 0. The van der Waals surface area contributed by atoms with E-state index in [0.29, 0.717) is 0 Å². The highest BCUT2D eigenvalue weighted by Crippen LogP contribution is 2.26. The first-order valence-corrected chi connectivity index (χ1v) is 6.16. The van der Waals surface area contributed by atoms with Crippen LogP contribution >= 0.6 is 0 Å². The minimum absolute atomic E-state index is 0.270. The second-order valence-electron chi connectivity index (χ2n) is 4.55. The highest BCUT2D eigenvalue weighted by Gasteiger charge is 2.43. The first kappa shape index (κ1) is 15.0. The lowest BCUT2D eigenvalue weighted by atomic mass is 9.82. The summed E-state index contributed by atoms with van der Waals surface area (Å²) in [7, 11) is 0. The topological polar surface area (TPSA) is 74.6 Å². The Balaban J connectivity index is 3.17. The van der Waals surface area contributed by atoms with Crippen molar-refractivity contribution in [3.05, 3.63) is 41.5 Å². The summed E-state index contributed by atoms with van der Waals surface area (Å²) in [6, 6.07) is 6.62. The van der Waals surface area contributed by atoms with Crippen LogP contribution in [-0.2, 0) is 15.0 Å². The van der Waals surface area contributed by atoms with Gasteiger partial charge in [-0.25, -0.2) is 0 Å². The maximum absolute atomic E-state index is 11.2. The Morgan fingerprint density at radius 2 is 1.89 bits per heavy atom. The zero-order chi connectivity index (χ0) is 14.5. The van der Waals surface area contributed by atoms with E-state index in [9.17, 15) is 9.59 Å². The number of hydrogen-bond donors (Lipinski definition) is 2. The predicted molar refractivity (Wildman–Crippen MR) is 73.0 cm³/mol. The standard InChI is InChI=1S/C15H18O4/c1-3-4-5-7-11-8-6-9-12(10-11)15(2,13(16)17)14(18)19/h5-10H,3-4H2,1-2H3,(H,16,17)(H,18,19)/b7-5+. The lowest BCUT2D eigenvalue weighted by molar-refractivity contribution is -0.156. The average molecular weight is 262 g/mol. The zero-order valence-corrected chi connectivity index (χ0v) is 11.1. The van der Waals surface area contributed by atoms with E-state index < -0.39 is 17.4 Å². The summed E-state index contributed by atoms with van der Waals surface area (Å²) in [4.78, 5) is 22.5. The third kappa shape index (κ3) is 3.22. The highest BCUT2D eigenvalue weighted by atomic mass is 16.4. The second kappa shape index (κ2) is 6.18. The highest BCUT2D eigenvalue weighted by molar-refractivity contribution is 6.04. The van der Waals surface area contributed by atoms with E-state index >= 15 is 0 Å². The lowest BCUT2D eigenvalue weighted by Crippen LogP contribution is -2.40. The molecule has 0 amide bonds. The number of carbonyl (C=O) groups is 2. The van der Waals surface area contributed by atoms with Gasteiger partial charge in [-0.05, 0) is 24.5 Å². The van der Waals surface area contributed by atoms with Gasteiger partial charge in [0.05, 0.1) is 0 Å². The van der Waals surface area contributed by atoms with Crippen LogP contribution in [-0.4, -0.2) is 22.2 Å². The quantitative estimate of drug-likeness (QED) is 0.773. The van der Waals surface area contributed by atoms with Gasteiger partial charge in [-0.1, -0.05) is 49.8 Å². The van der Waals surface area contributed by atoms with Crippen molar-refractivity contribution >= 4 is 18.0 Å². The van der Waals surface area contributed by atoms with Crippen molar-refractivity contribution in [2.45, 2.75) is 32.1 Å². The van der Waals surface area contributed by atoms with Crippen LogP contribution < -0.4 is 0 Å². The van der Waals surface area contributed by atoms with Crippen LogP contribution in [0.3, 0.4) is 0 Å². The third-order valence-electron chi connectivity index (χ3n) is 3.09. The van der Waals surface area contributed by atoms with Crippen molar-refractivity contribution in [1.29, 1.82) is 0 Å². The molecule has 102 valence electrons. The van der Waals surface area contributed by atoms with E-state index in [1.807, 2.05) is 18.2 Å². The fourth-order valence-corrected chi connectivity index (χ4v) is 1.68. The molecule has 1 aromatic rings. The molecule has 4 heteroatoms. The molecule has 0 aliphatic carbocycles. The molecule has 1 aromatic carbocycles. The minimum Gasteiger partial charge on any atom is -0.480 e. The molecule has 0 spiro atoms. The van der Waals surface area contributed by atoms with Crippen molar-refractivity contribution < 1.29 is 19.8 Å². The van der Waals surface area contributed by atoms with E-state index in [-0.39, 0.29) is 5.56 Å². The van der Waals surface area contributed by atoms with E-state index in [2.05, 4.69) is 6.92 Å². The molecule has 0 fully saturated rings. The van der Waals surface area contributed by atoms with Crippen LogP contribution in [0.25, 0.3) is 6.08 Å². The maximum Gasteiger partial charge on any atom is 0.325 e. The van der Waals surface area contributed by atoms with Crippen molar-refractivity contribution in [3.63, 3.8) is 0 Å². The maximum atomic E-state index is 11.2. The van der Waals surface area contributed by atoms with Gasteiger partial charge in [0.2, 0.25) is 0 Å². The molecule has 1 rings (SSSR count). The number of aliphatic carboxylic acids is 2. The average Bonchev–Trinajstić information content (AvgIpc) is 2.38. The number of carboxylic acids is 2. The van der Waals surface area contributed by atoms with E-state index in [1.165, 1.54) is 13.0 Å². The van der Waals surface area contributed by atoms with Gasteiger partial charge in [-0.3, -0.25) is 9.59 Å². The Kier molecular flexibility index (Phi) is 4.87. The van der Waals surface area contributed by atoms with Gasteiger partial charge in [-0.2, -0.15) is 0 Å². The number of allylic oxidation sites excluding steroid dienone is 1. The SMILES string of the molecule is CCC/C=C/c1cccc(C(C)(C(=O)O)C(=O)O)c1. The van der Waals surface area contributed by atoms with Crippen molar-refractivity contribution in [2.24, 2.45) is 0 Å². The normalized spacial score (nSPS) is 11.7. The van der Waals surface area contributed by atoms with Crippen molar-refractivity contribution in [2.75, 3.05) is 0 Å². The van der Waals surface area contributed by atoms with Gasteiger partial charge >= 0.3 is 11.9 Å². The van der Waals surface area contributed by atoms with Crippen LogP contribution in [0.15, 0.2) is 30.3 Å². The van der Waals surface area contributed by atoms with Gasteiger partial charge in [-0.15, -0.1) is 0 Å². The van der Waals surface area contributed by atoms with Crippen molar-refractivity contribution in [3.8, 4) is 0 Å². The van der Waals surface area contributed by atoms with Crippen LogP contribution in [0.1, 0.15) is 37.8 Å². The summed E-state index contributed by atoms with van der Waals surface area (Å²) in [6.45, 7) is 3.26. The number of unbranched alkanes of at least 4 members (excludes halogenated alkanes) is 1. The summed E-state index contributed by atoms with van der Waals surface area (Å²) in [5.41, 5.74) is -0.847. The fourth-order valence-electron chi connectivity index (χ4n) is 1.68. The van der Waals surface area contributed by atoms with E-state index in [4.69, 9.17) is 10.2 Å². The van der Waals surface area contributed by atoms with Gasteiger partial charge in [0.25, 0.3) is 0 Å². The molecule has 0 saturated heterocycles. The van der Waals surface area contributed by atoms with Crippen LogP contribution in [0.5, 0.6) is 0 Å². The molecule has 4 nitrogen and oxygen atoms in total. The van der Waals surface area contributed by atoms with E-state index in [0.717, 1.165) is 18.4 Å². The Morgan fingerprint density at radius 1 is 1.26 bits per heavy atom. The molecular formula is C15H18O4. The molecule has 0 aliphatic heterocycles. The van der Waals surface area contributed by atoms with Crippen LogP contribution in [0.2, 0.25) is 0 Å². The summed E-state index contributed by atoms with van der Waals surface area (Å²) in [5.74, 6) is -2.73. The molecule has 0 heterocycles. The first-order chi connectivity index (χ1) is 8.92. The third-order valence-corrected chi connectivity index (χ3v) is 3.09.